The Bertz CT molecular complexity index is 1270. The first-order valence-corrected chi connectivity index (χ1v) is 18.3. The van der Waals surface area contributed by atoms with Gasteiger partial charge in [0.25, 0.3) is 0 Å². The number of esters is 1. The van der Waals surface area contributed by atoms with Gasteiger partial charge in [-0.3, -0.25) is 9.78 Å². The highest BCUT2D eigenvalue weighted by Gasteiger charge is 2.57. The van der Waals surface area contributed by atoms with Crippen molar-refractivity contribution >= 4 is 12.1 Å². The zero-order valence-electron chi connectivity index (χ0n) is 31.6. The van der Waals surface area contributed by atoms with Crippen LogP contribution in [0, 0.1) is 23.7 Å². The summed E-state index contributed by atoms with van der Waals surface area (Å²) in [5.74, 6) is -2.66. The third kappa shape index (κ3) is 8.79. The number of likely N-dealkylation sites (N-methyl/N-ethyl adjacent to an activating group) is 1. The van der Waals surface area contributed by atoms with Crippen molar-refractivity contribution in [1.82, 2.24) is 15.2 Å². The number of aromatic nitrogens is 1. The number of amides is 1. The summed E-state index contributed by atoms with van der Waals surface area (Å²) in [5.41, 5.74) is 5.20. The molecular weight excluding hydrogens is 644 g/mol. The number of nitrogens with one attached hydrogen (secondary N) is 1. The summed E-state index contributed by atoms with van der Waals surface area (Å²) in [6.07, 6.45) is -1.10. The van der Waals surface area contributed by atoms with Crippen molar-refractivity contribution in [2.24, 2.45) is 29.4 Å². The number of aliphatic hydroxyl groups is 2. The molecule has 2 unspecified atom stereocenters. The molecule has 13 nitrogen and oxygen atoms in total. The van der Waals surface area contributed by atoms with E-state index in [0.29, 0.717) is 19.3 Å². The number of hydrogen-bond acceptors (Lipinski definition) is 12. The van der Waals surface area contributed by atoms with Gasteiger partial charge in [0.1, 0.15) is 23.9 Å². The van der Waals surface area contributed by atoms with Crippen molar-refractivity contribution < 1.29 is 43.5 Å². The van der Waals surface area contributed by atoms with Crippen LogP contribution in [0.3, 0.4) is 0 Å². The lowest BCUT2D eigenvalue weighted by molar-refractivity contribution is -0.299. The fourth-order valence-corrected chi connectivity index (χ4v) is 8.50. The normalized spacial score (nSPS) is 42.9. The molecule has 2 bridgehead atoms. The molecule has 50 heavy (non-hydrogen) atoms. The Morgan fingerprint density at radius 1 is 1.18 bits per heavy atom. The molecular formula is C37H62N4O9. The minimum atomic E-state index is -1.57. The van der Waals surface area contributed by atoms with Crippen LogP contribution in [0.15, 0.2) is 24.5 Å². The minimum Gasteiger partial charge on any atom is -0.459 e. The highest BCUT2D eigenvalue weighted by Crippen LogP contribution is 2.45. The number of carbonyl (C=O) groups is 2. The zero-order valence-corrected chi connectivity index (χ0v) is 31.6. The van der Waals surface area contributed by atoms with Crippen LogP contribution < -0.4 is 11.1 Å². The summed E-state index contributed by atoms with van der Waals surface area (Å²) in [6.45, 7) is 15.1. The molecule has 15 atom stereocenters. The number of pyridine rings is 1. The van der Waals surface area contributed by atoms with Crippen molar-refractivity contribution in [3.63, 3.8) is 0 Å². The van der Waals surface area contributed by atoms with Crippen LogP contribution in [0.5, 0.6) is 0 Å². The fraction of sp³-hybridized carbons (Fsp3) is 0.811. The number of nitrogens with two attached hydrogens (primary N) is 1. The minimum absolute atomic E-state index is 0.104. The summed E-state index contributed by atoms with van der Waals surface area (Å²) in [4.78, 5) is 33.5. The second-order valence-electron chi connectivity index (χ2n) is 15.7. The monoisotopic (exact) mass is 706 g/mol. The van der Waals surface area contributed by atoms with E-state index < -0.39 is 71.8 Å². The lowest BCUT2D eigenvalue weighted by atomic mass is 9.75. The maximum atomic E-state index is 14.1. The SMILES string of the molecule is CC[C@@H]1OC(=O)[C@H](C)[C@@H](OC(=O)NCCc2cccnc2)[C@H](C)[C@@H](OC2O[C@H](C)C[C@H](N(C)C)[C@H]2O)[C@](C)(O)C[C@@H](C)[C@H]2OC1(C)[C@@H](N)[C@@H]2C. The lowest BCUT2D eigenvalue weighted by Gasteiger charge is -2.47. The van der Waals surface area contributed by atoms with E-state index in [-0.39, 0.29) is 43.1 Å². The fourth-order valence-electron chi connectivity index (χ4n) is 8.50. The van der Waals surface area contributed by atoms with E-state index in [0.717, 1.165) is 5.56 Å². The van der Waals surface area contributed by atoms with Gasteiger partial charge >= 0.3 is 12.1 Å². The van der Waals surface area contributed by atoms with E-state index >= 15 is 0 Å². The van der Waals surface area contributed by atoms with Crippen molar-refractivity contribution in [3.05, 3.63) is 30.1 Å². The number of rotatable bonds is 8. The molecule has 3 aliphatic rings. The smallest absolute Gasteiger partial charge is 0.407 e. The highest BCUT2D eigenvalue weighted by atomic mass is 16.7. The first-order chi connectivity index (χ1) is 23.4. The number of cyclic esters (lactones) is 1. The lowest BCUT2D eigenvalue weighted by Crippen LogP contribution is -2.59. The Balaban J connectivity index is 1.72. The Labute approximate surface area is 297 Å². The number of carbonyl (C=O) groups excluding carboxylic acids is 2. The quantitative estimate of drug-likeness (QED) is 0.292. The molecule has 3 saturated heterocycles. The summed E-state index contributed by atoms with van der Waals surface area (Å²) in [6, 6.07) is 3.03. The average molecular weight is 707 g/mol. The van der Waals surface area contributed by atoms with Crippen LogP contribution in [0.2, 0.25) is 0 Å². The number of fused-ring (bicyclic) bond motifs is 2. The van der Waals surface area contributed by atoms with Gasteiger partial charge in [-0.15, -0.1) is 0 Å². The second-order valence-corrected chi connectivity index (χ2v) is 15.7. The Kier molecular flexibility index (Phi) is 13.3. The molecule has 4 heterocycles. The van der Waals surface area contributed by atoms with Gasteiger partial charge in [0, 0.05) is 42.9 Å². The molecule has 1 aromatic heterocycles. The third-order valence-electron chi connectivity index (χ3n) is 11.4. The molecule has 3 aliphatic heterocycles. The molecule has 0 saturated carbocycles. The molecule has 0 radical (unpaired) electrons. The molecule has 284 valence electrons. The molecule has 1 aromatic rings. The van der Waals surface area contributed by atoms with Crippen LogP contribution in [0.25, 0.3) is 0 Å². The van der Waals surface area contributed by atoms with E-state index in [1.54, 1.807) is 33.2 Å². The third-order valence-corrected chi connectivity index (χ3v) is 11.4. The van der Waals surface area contributed by atoms with Crippen LogP contribution in [0.4, 0.5) is 4.79 Å². The topological polar surface area (TPSA) is 175 Å². The van der Waals surface area contributed by atoms with E-state index in [4.69, 9.17) is 29.4 Å². The number of ether oxygens (including phenoxy) is 5. The summed E-state index contributed by atoms with van der Waals surface area (Å²) < 4.78 is 31.8. The summed E-state index contributed by atoms with van der Waals surface area (Å²) in [7, 11) is 3.77. The highest BCUT2D eigenvalue weighted by molar-refractivity contribution is 5.74. The van der Waals surface area contributed by atoms with Crippen LogP contribution >= 0.6 is 0 Å². The molecule has 1 amide bonds. The van der Waals surface area contributed by atoms with Gasteiger partial charge in [-0.25, -0.2) is 4.79 Å². The van der Waals surface area contributed by atoms with Gasteiger partial charge in [0.2, 0.25) is 0 Å². The van der Waals surface area contributed by atoms with E-state index in [1.807, 2.05) is 65.7 Å². The number of nitrogens with zero attached hydrogens (tertiary/aromatic N) is 2. The zero-order chi connectivity index (χ0) is 37.1. The average Bonchev–Trinajstić information content (AvgIpc) is 3.30. The molecule has 0 aliphatic carbocycles. The predicted molar refractivity (Wildman–Crippen MR) is 187 cm³/mol. The van der Waals surface area contributed by atoms with Gasteiger partial charge < -0.3 is 49.8 Å². The Hall–Kier alpha value is -2.39. The van der Waals surface area contributed by atoms with E-state index in [9.17, 15) is 19.8 Å². The Morgan fingerprint density at radius 3 is 2.50 bits per heavy atom. The van der Waals surface area contributed by atoms with Crippen molar-refractivity contribution in [1.29, 1.82) is 0 Å². The molecule has 0 spiro atoms. The first kappa shape index (κ1) is 40.4. The molecule has 13 heteroatoms. The largest absolute Gasteiger partial charge is 0.459 e. The molecule has 4 rings (SSSR count). The number of aliphatic hydroxyl groups excluding tert-OH is 1. The summed E-state index contributed by atoms with van der Waals surface area (Å²) in [5, 5.41) is 26.7. The van der Waals surface area contributed by atoms with Crippen molar-refractivity contribution in [2.45, 2.75) is 147 Å². The standard InChI is InChI=1S/C37H62N4O9/c1-11-27-37(8)31(38)22(4)29(50-37)20(2)18-36(7,45)32(49-34-28(42)26(41(9)10)17-21(3)46-34)23(5)30(24(6)33(43)47-27)48-35(44)40-16-14-25-13-12-15-39-19-25/h12-13,15,19-24,26-32,34,42,45H,11,14,16-18,38H2,1-10H3,(H,40,44)/t20-,21-,22-,23+,24-,26+,27+,28-,29-,30+,31+,32-,34?,36-,37?/m1/s1. The Morgan fingerprint density at radius 2 is 1.88 bits per heavy atom. The maximum Gasteiger partial charge on any atom is 0.407 e. The van der Waals surface area contributed by atoms with Crippen LogP contribution in [0.1, 0.15) is 80.2 Å². The molecule has 5 N–H and O–H groups in total. The van der Waals surface area contributed by atoms with Gasteiger partial charge in [-0.1, -0.05) is 33.8 Å². The van der Waals surface area contributed by atoms with Gasteiger partial charge in [0.15, 0.2) is 6.29 Å². The maximum absolute atomic E-state index is 14.1. The summed E-state index contributed by atoms with van der Waals surface area (Å²) >= 11 is 0. The van der Waals surface area contributed by atoms with E-state index in [1.165, 1.54) is 0 Å². The van der Waals surface area contributed by atoms with Crippen molar-refractivity contribution in [3.8, 4) is 0 Å². The van der Waals surface area contributed by atoms with Gasteiger partial charge in [-0.05, 0) is 85.0 Å². The number of alkyl carbamates (subject to hydrolysis) is 1. The predicted octanol–water partition coefficient (Wildman–Crippen LogP) is 3.04. The van der Waals surface area contributed by atoms with Crippen LogP contribution in [-0.4, -0.2) is 119 Å². The van der Waals surface area contributed by atoms with Gasteiger partial charge in [-0.2, -0.15) is 0 Å². The van der Waals surface area contributed by atoms with Gasteiger partial charge in [0.05, 0.1) is 29.8 Å². The first-order valence-electron chi connectivity index (χ1n) is 18.3. The number of hydrogen-bond donors (Lipinski definition) is 4. The molecule has 0 aromatic carbocycles. The van der Waals surface area contributed by atoms with Crippen molar-refractivity contribution in [2.75, 3.05) is 20.6 Å². The second kappa shape index (κ2) is 16.5. The van der Waals surface area contributed by atoms with E-state index in [2.05, 4.69) is 10.3 Å². The molecule has 3 fully saturated rings. The van der Waals surface area contributed by atoms with Crippen LogP contribution in [-0.2, 0) is 34.9 Å².